The van der Waals surface area contributed by atoms with E-state index in [1.807, 2.05) is 0 Å². The van der Waals surface area contributed by atoms with E-state index in [0.29, 0.717) is 6.61 Å². The summed E-state index contributed by atoms with van der Waals surface area (Å²) in [5.41, 5.74) is 5.97. The molecule has 6 nitrogen and oxygen atoms in total. The average molecular weight is 265 g/mol. The molecule has 19 heavy (non-hydrogen) atoms. The molecule has 1 aliphatic rings. The highest BCUT2D eigenvalue weighted by atomic mass is 16.6. The van der Waals surface area contributed by atoms with Gasteiger partial charge < -0.3 is 10.5 Å². The molecule has 1 aromatic rings. The second-order valence-corrected chi connectivity index (χ2v) is 5.17. The van der Waals surface area contributed by atoms with E-state index >= 15 is 0 Å². The lowest BCUT2D eigenvalue weighted by Gasteiger charge is -2.27. The van der Waals surface area contributed by atoms with Crippen molar-refractivity contribution < 1.29 is 9.66 Å². The number of aromatic nitrogens is 1. The Morgan fingerprint density at radius 3 is 2.68 bits per heavy atom. The maximum absolute atomic E-state index is 10.7. The van der Waals surface area contributed by atoms with Crippen LogP contribution in [-0.4, -0.2) is 22.1 Å². The molecule has 1 aromatic heterocycles. The lowest BCUT2D eigenvalue weighted by atomic mass is 9.93. The predicted molar refractivity (Wildman–Crippen MR) is 71.0 cm³/mol. The molecule has 1 fully saturated rings. The predicted octanol–water partition coefficient (Wildman–Crippen LogP) is 2.42. The largest absolute Gasteiger partial charge is 0.476 e. The molecule has 1 saturated carbocycles. The van der Waals surface area contributed by atoms with Crippen molar-refractivity contribution in [3.63, 3.8) is 0 Å². The van der Waals surface area contributed by atoms with Gasteiger partial charge in [0, 0.05) is 12.3 Å². The van der Waals surface area contributed by atoms with Crippen LogP contribution in [0.25, 0.3) is 0 Å². The second-order valence-electron chi connectivity index (χ2n) is 5.17. The summed E-state index contributed by atoms with van der Waals surface area (Å²) in [4.78, 5) is 14.2. The van der Waals surface area contributed by atoms with Gasteiger partial charge in [0.2, 0.25) is 5.88 Å². The third kappa shape index (κ3) is 3.89. The number of nitro groups is 1. The minimum absolute atomic E-state index is 0.0167. The normalized spacial score (nSPS) is 18.6. The minimum atomic E-state index is -0.460. The molecule has 0 spiro atoms. The monoisotopic (exact) mass is 265 g/mol. The lowest BCUT2D eigenvalue weighted by molar-refractivity contribution is -0.385. The van der Waals surface area contributed by atoms with Crippen molar-refractivity contribution in [1.82, 2.24) is 4.98 Å². The van der Waals surface area contributed by atoms with Crippen LogP contribution in [0, 0.1) is 10.1 Å². The zero-order valence-electron chi connectivity index (χ0n) is 10.9. The van der Waals surface area contributed by atoms with Crippen molar-refractivity contribution in [1.29, 1.82) is 0 Å². The Morgan fingerprint density at radius 2 is 2.05 bits per heavy atom. The third-order valence-corrected chi connectivity index (χ3v) is 3.54. The van der Waals surface area contributed by atoms with Crippen LogP contribution in [0.15, 0.2) is 18.3 Å². The highest BCUT2D eigenvalue weighted by molar-refractivity contribution is 5.32. The van der Waals surface area contributed by atoms with Gasteiger partial charge >= 0.3 is 0 Å². The molecule has 0 radical (unpaired) electrons. The number of rotatable bonds is 4. The van der Waals surface area contributed by atoms with Crippen molar-refractivity contribution >= 4 is 5.69 Å². The maximum Gasteiger partial charge on any atom is 0.276 e. The quantitative estimate of drug-likeness (QED) is 0.513. The molecule has 0 unspecified atom stereocenters. The topological polar surface area (TPSA) is 91.3 Å². The van der Waals surface area contributed by atoms with Gasteiger partial charge in [0.05, 0.1) is 16.5 Å². The fraction of sp³-hybridized carbons (Fsp3) is 0.615. The Kier molecular flexibility index (Phi) is 4.31. The molecule has 104 valence electrons. The molecule has 0 amide bonds. The Morgan fingerprint density at radius 1 is 1.37 bits per heavy atom. The van der Waals surface area contributed by atoms with E-state index in [0.717, 1.165) is 25.7 Å². The number of pyridine rings is 1. The molecule has 0 bridgehead atoms. The summed E-state index contributed by atoms with van der Waals surface area (Å²) in [7, 11) is 0. The van der Waals surface area contributed by atoms with E-state index < -0.39 is 4.92 Å². The van der Waals surface area contributed by atoms with Crippen molar-refractivity contribution in [2.75, 3.05) is 6.61 Å². The maximum atomic E-state index is 10.7. The fourth-order valence-corrected chi connectivity index (χ4v) is 2.39. The minimum Gasteiger partial charge on any atom is -0.476 e. The molecule has 1 heterocycles. The molecule has 0 atom stereocenters. The zero-order valence-corrected chi connectivity index (χ0v) is 10.9. The van der Waals surface area contributed by atoms with Gasteiger partial charge in [-0.1, -0.05) is 25.7 Å². The van der Waals surface area contributed by atoms with E-state index in [1.165, 1.54) is 31.2 Å². The first-order valence-electron chi connectivity index (χ1n) is 6.61. The third-order valence-electron chi connectivity index (χ3n) is 3.54. The van der Waals surface area contributed by atoms with Gasteiger partial charge in [-0.3, -0.25) is 10.1 Å². The SMILES string of the molecule is NC1(COc2cc([N+](=O)[O-])ccn2)CCCCCC1. The van der Waals surface area contributed by atoms with Crippen LogP contribution in [-0.2, 0) is 0 Å². The van der Waals surface area contributed by atoms with E-state index in [9.17, 15) is 10.1 Å². The van der Waals surface area contributed by atoms with Crippen molar-refractivity contribution in [3.8, 4) is 5.88 Å². The Bertz CT molecular complexity index is 443. The van der Waals surface area contributed by atoms with Gasteiger partial charge in [0.15, 0.2) is 0 Å². The molecule has 0 aromatic carbocycles. The number of nitrogens with two attached hydrogens (primary N) is 1. The van der Waals surface area contributed by atoms with Gasteiger partial charge in [-0.05, 0) is 12.8 Å². The van der Waals surface area contributed by atoms with Crippen molar-refractivity contribution in [2.45, 2.75) is 44.1 Å². The Hall–Kier alpha value is -1.69. The van der Waals surface area contributed by atoms with Crippen LogP contribution in [0.1, 0.15) is 38.5 Å². The van der Waals surface area contributed by atoms with Crippen LogP contribution in [0.3, 0.4) is 0 Å². The molecular weight excluding hydrogens is 246 g/mol. The van der Waals surface area contributed by atoms with Gasteiger partial charge in [0.1, 0.15) is 6.61 Å². The van der Waals surface area contributed by atoms with Crippen LogP contribution >= 0.6 is 0 Å². The Balaban J connectivity index is 1.97. The number of ether oxygens (including phenoxy) is 1. The first-order valence-corrected chi connectivity index (χ1v) is 6.61. The summed E-state index contributed by atoms with van der Waals surface area (Å²) < 4.78 is 5.55. The molecule has 0 aliphatic heterocycles. The summed E-state index contributed by atoms with van der Waals surface area (Å²) in [5.74, 6) is 0.267. The lowest BCUT2D eigenvalue weighted by Crippen LogP contribution is -2.45. The summed E-state index contributed by atoms with van der Waals surface area (Å²) in [6, 6.07) is 2.68. The molecule has 6 heteroatoms. The smallest absolute Gasteiger partial charge is 0.276 e. The molecule has 1 aliphatic carbocycles. The zero-order chi connectivity index (χ0) is 13.7. The van der Waals surface area contributed by atoms with Gasteiger partial charge in [-0.15, -0.1) is 0 Å². The molecule has 2 rings (SSSR count). The van der Waals surface area contributed by atoms with Crippen LogP contribution in [0.4, 0.5) is 5.69 Å². The second kappa shape index (κ2) is 5.97. The molecule has 0 saturated heterocycles. The van der Waals surface area contributed by atoms with E-state index in [1.54, 1.807) is 0 Å². The van der Waals surface area contributed by atoms with Crippen LogP contribution in [0.5, 0.6) is 5.88 Å². The van der Waals surface area contributed by atoms with E-state index in [4.69, 9.17) is 10.5 Å². The first-order chi connectivity index (χ1) is 9.09. The van der Waals surface area contributed by atoms with Gasteiger partial charge in [0.25, 0.3) is 5.69 Å². The fourth-order valence-electron chi connectivity index (χ4n) is 2.39. The van der Waals surface area contributed by atoms with Gasteiger partial charge in [-0.2, -0.15) is 0 Å². The van der Waals surface area contributed by atoms with Crippen LogP contribution < -0.4 is 10.5 Å². The van der Waals surface area contributed by atoms with Gasteiger partial charge in [-0.25, -0.2) is 4.98 Å². The first kappa shape index (κ1) is 13.7. The van der Waals surface area contributed by atoms with E-state index in [-0.39, 0.29) is 17.1 Å². The number of hydrogen-bond acceptors (Lipinski definition) is 5. The summed E-state index contributed by atoms with van der Waals surface area (Å²) in [6.07, 6.45) is 7.90. The highest BCUT2D eigenvalue weighted by Crippen LogP contribution is 2.26. The molecular formula is C13H19N3O3. The van der Waals surface area contributed by atoms with E-state index in [2.05, 4.69) is 4.98 Å². The highest BCUT2D eigenvalue weighted by Gasteiger charge is 2.27. The standard InChI is InChI=1S/C13H19N3O3/c14-13(6-3-1-2-4-7-13)10-19-12-9-11(16(17)18)5-8-15-12/h5,8-9H,1-4,6-7,10,14H2. The van der Waals surface area contributed by atoms with Crippen molar-refractivity contribution in [2.24, 2.45) is 5.73 Å². The Labute approximate surface area is 112 Å². The summed E-state index contributed by atoms with van der Waals surface area (Å²) in [6.45, 7) is 0.362. The average Bonchev–Trinajstić information content (AvgIpc) is 2.62. The number of hydrogen-bond donors (Lipinski definition) is 1. The van der Waals surface area contributed by atoms with Crippen molar-refractivity contribution in [3.05, 3.63) is 28.4 Å². The summed E-state index contributed by atoms with van der Waals surface area (Å²) in [5, 5.41) is 10.7. The number of nitrogens with zero attached hydrogens (tertiary/aromatic N) is 2. The molecule has 2 N–H and O–H groups in total. The van der Waals surface area contributed by atoms with Crippen LogP contribution in [0.2, 0.25) is 0 Å². The summed E-state index contributed by atoms with van der Waals surface area (Å²) >= 11 is 0.